The Morgan fingerprint density at radius 3 is 2.69 bits per heavy atom. The van der Waals surface area contributed by atoms with Crippen LogP contribution in [-0.2, 0) is 16.8 Å². The first-order valence-electron chi connectivity index (χ1n) is 11.1. The summed E-state index contributed by atoms with van der Waals surface area (Å²) in [5.41, 5.74) is 2.25. The van der Waals surface area contributed by atoms with Gasteiger partial charge in [-0.15, -0.1) is 10.2 Å². The fourth-order valence-corrected chi connectivity index (χ4v) is 4.79. The first-order valence-corrected chi connectivity index (χ1v) is 13.1. The molecule has 1 aliphatic rings. The number of rotatable bonds is 5. The van der Waals surface area contributed by atoms with Gasteiger partial charge in [-0.05, 0) is 37.1 Å². The third-order valence-corrected chi connectivity index (χ3v) is 7.12. The molecule has 35 heavy (non-hydrogen) atoms. The van der Waals surface area contributed by atoms with E-state index in [1.54, 1.807) is 54.1 Å². The number of nitrogens with zero attached hydrogens (tertiary/aromatic N) is 5. The van der Waals surface area contributed by atoms with Crippen LogP contribution in [-0.4, -0.2) is 55.4 Å². The van der Waals surface area contributed by atoms with Crippen molar-refractivity contribution in [2.24, 2.45) is 7.05 Å². The Balaban J connectivity index is 1.77. The van der Waals surface area contributed by atoms with Crippen LogP contribution in [0.3, 0.4) is 0 Å². The second-order valence-corrected chi connectivity index (χ2v) is 11.0. The van der Waals surface area contributed by atoms with Gasteiger partial charge in [0.05, 0.1) is 27.2 Å². The number of benzene rings is 1. The highest BCUT2D eigenvalue weighted by Gasteiger charge is 2.34. The number of anilines is 2. The standard InChI is InChI=1S/C23H27F2N7O2S/c1-15-19(22(33)28-17-6-4-7-18(12-17)35(3,26)34)21(32-10-5-8-23(24,25)9-11-32)30-29-20(15)16-13-27-31(2)14-16/h4,6-7,12-14,26H,5,8-11H2,1-3H3,(H,28,33)/t35-/m1/s1. The monoisotopic (exact) mass is 503 g/mol. The van der Waals surface area contributed by atoms with Crippen molar-refractivity contribution in [3.63, 3.8) is 0 Å². The van der Waals surface area contributed by atoms with Gasteiger partial charge in [0.1, 0.15) is 0 Å². The summed E-state index contributed by atoms with van der Waals surface area (Å²) in [4.78, 5) is 15.5. The lowest BCUT2D eigenvalue weighted by molar-refractivity contribution is -0.0102. The van der Waals surface area contributed by atoms with Gasteiger partial charge in [-0.2, -0.15) is 5.10 Å². The normalized spacial score (nSPS) is 17.5. The molecule has 3 aromatic rings. The number of hydrogen-bond donors (Lipinski definition) is 2. The number of carbonyl (C=O) groups is 1. The maximum Gasteiger partial charge on any atom is 0.259 e. The zero-order valence-electron chi connectivity index (χ0n) is 19.7. The Bertz CT molecular complexity index is 1370. The van der Waals surface area contributed by atoms with Crippen LogP contribution in [0.1, 0.15) is 35.2 Å². The van der Waals surface area contributed by atoms with E-state index < -0.39 is 21.6 Å². The van der Waals surface area contributed by atoms with E-state index in [1.807, 2.05) is 0 Å². The molecule has 2 N–H and O–H groups in total. The maximum absolute atomic E-state index is 14.0. The quantitative estimate of drug-likeness (QED) is 0.542. The highest BCUT2D eigenvalue weighted by atomic mass is 32.2. The summed E-state index contributed by atoms with van der Waals surface area (Å²) in [6.07, 6.45) is 4.37. The van der Waals surface area contributed by atoms with E-state index in [0.29, 0.717) is 29.1 Å². The summed E-state index contributed by atoms with van der Waals surface area (Å²) in [6.45, 7) is 2.10. The summed E-state index contributed by atoms with van der Waals surface area (Å²) in [6, 6.07) is 6.29. The van der Waals surface area contributed by atoms with E-state index in [9.17, 15) is 17.8 Å². The molecular weight excluding hydrogens is 476 g/mol. The molecule has 9 nitrogen and oxygen atoms in total. The fourth-order valence-electron chi connectivity index (χ4n) is 4.10. The van der Waals surface area contributed by atoms with Crippen LogP contribution in [0.15, 0.2) is 41.6 Å². The van der Waals surface area contributed by atoms with Crippen molar-refractivity contribution in [2.45, 2.75) is 37.0 Å². The summed E-state index contributed by atoms with van der Waals surface area (Å²) in [7, 11) is -1.22. The minimum atomic E-state index is -2.98. The van der Waals surface area contributed by atoms with Crippen molar-refractivity contribution in [3.8, 4) is 11.3 Å². The average molecular weight is 504 g/mol. The highest BCUT2D eigenvalue weighted by molar-refractivity contribution is 7.91. The number of hydrogen-bond acceptors (Lipinski definition) is 7. The van der Waals surface area contributed by atoms with E-state index in [-0.39, 0.29) is 42.1 Å². The third-order valence-electron chi connectivity index (χ3n) is 5.96. The zero-order chi connectivity index (χ0) is 25.4. The minimum absolute atomic E-state index is 0.0415. The molecule has 1 aliphatic heterocycles. The van der Waals surface area contributed by atoms with Crippen LogP contribution in [0.25, 0.3) is 11.3 Å². The van der Waals surface area contributed by atoms with Crippen LogP contribution in [0.2, 0.25) is 0 Å². The number of amides is 1. The van der Waals surface area contributed by atoms with Crippen LogP contribution in [0, 0.1) is 11.7 Å². The third kappa shape index (κ3) is 5.47. The van der Waals surface area contributed by atoms with Crippen molar-refractivity contribution in [1.29, 1.82) is 4.78 Å². The molecule has 186 valence electrons. The molecule has 0 unspecified atom stereocenters. The van der Waals surface area contributed by atoms with Gasteiger partial charge < -0.3 is 10.2 Å². The van der Waals surface area contributed by atoms with Gasteiger partial charge >= 0.3 is 0 Å². The van der Waals surface area contributed by atoms with Gasteiger partial charge in [0.25, 0.3) is 5.91 Å². The molecule has 0 aliphatic carbocycles. The average Bonchev–Trinajstić information content (AvgIpc) is 3.12. The predicted octanol–water partition coefficient (Wildman–Crippen LogP) is 4.10. The van der Waals surface area contributed by atoms with Crippen molar-refractivity contribution >= 4 is 27.1 Å². The Morgan fingerprint density at radius 2 is 2.00 bits per heavy atom. The summed E-state index contributed by atoms with van der Waals surface area (Å²) < 4.78 is 49.6. The Morgan fingerprint density at radius 1 is 1.23 bits per heavy atom. The predicted molar refractivity (Wildman–Crippen MR) is 129 cm³/mol. The maximum atomic E-state index is 14.0. The molecule has 1 amide bonds. The van der Waals surface area contributed by atoms with E-state index in [4.69, 9.17) is 4.78 Å². The van der Waals surface area contributed by atoms with Gasteiger partial charge in [0.15, 0.2) is 5.82 Å². The number of halogens is 2. The molecular formula is C23H27F2N7O2S. The molecule has 0 spiro atoms. The topological polar surface area (TPSA) is 117 Å². The molecule has 1 atom stereocenters. The van der Waals surface area contributed by atoms with Crippen molar-refractivity contribution in [1.82, 2.24) is 20.0 Å². The molecule has 3 heterocycles. The van der Waals surface area contributed by atoms with E-state index in [1.165, 1.54) is 12.3 Å². The molecule has 4 rings (SSSR count). The molecule has 1 saturated heterocycles. The summed E-state index contributed by atoms with van der Waals surface area (Å²) in [5.74, 6) is -3.03. The minimum Gasteiger partial charge on any atom is -0.354 e. The van der Waals surface area contributed by atoms with Crippen LogP contribution in [0.4, 0.5) is 20.3 Å². The Labute approximate surface area is 202 Å². The Hall–Kier alpha value is -3.41. The Kier molecular flexibility index (Phi) is 6.58. The van der Waals surface area contributed by atoms with Crippen LogP contribution in [0.5, 0.6) is 0 Å². The van der Waals surface area contributed by atoms with E-state index in [0.717, 1.165) is 0 Å². The number of carbonyl (C=O) groups excluding carboxylic acids is 1. The smallest absolute Gasteiger partial charge is 0.259 e. The first-order chi connectivity index (χ1) is 16.4. The SMILES string of the molecule is Cc1c(-c2cnn(C)c2)nnc(N2CCCC(F)(F)CC2)c1C(=O)Nc1cccc([S@](C)(=N)=O)c1. The fraction of sp³-hybridized carbons (Fsp3) is 0.391. The van der Waals surface area contributed by atoms with Crippen LogP contribution < -0.4 is 10.2 Å². The molecule has 0 saturated carbocycles. The lowest BCUT2D eigenvalue weighted by atomic mass is 10.0. The second kappa shape index (κ2) is 9.33. The summed E-state index contributed by atoms with van der Waals surface area (Å²) >= 11 is 0. The van der Waals surface area contributed by atoms with Gasteiger partial charge in [0.2, 0.25) is 5.92 Å². The van der Waals surface area contributed by atoms with Crippen LogP contribution >= 0.6 is 0 Å². The molecule has 12 heteroatoms. The molecule has 0 bridgehead atoms. The highest BCUT2D eigenvalue weighted by Crippen LogP contribution is 2.33. The van der Waals surface area contributed by atoms with E-state index >= 15 is 0 Å². The van der Waals surface area contributed by atoms with Crippen molar-refractivity contribution in [3.05, 3.63) is 47.8 Å². The molecule has 0 radical (unpaired) electrons. The van der Waals surface area contributed by atoms with Crippen molar-refractivity contribution in [2.75, 3.05) is 29.6 Å². The second-order valence-electron chi connectivity index (χ2n) is 8.80. The molecule has 2 aromatic heterocycles. The van der Waals surface area contributed by atoms with Crippen molar-refractivity contribution < 1.29 is 17.8 Å². The zero-order valence-corrected chi connectivity index (χ0v) is 20.5. The summed E-state index contributed by atoms with van der Waals surface area (Å²) in [5, 5.41) is 15.6. The number of aryl methyl sites for hydroxylation is 1. The van der Waals surface area contributed by atoms with Gasteiger partial charge in [-0.25, -0.2) is 17.8 Å². The number of nitrogens with one attached hydrogen (secondary N) is 2. The largest absolute Gasteiger partial charge is 0.354 e. The number of alkyl halides is 2. The number of aromatic nitrogens is 4. The lowest BCUT2D eigenvalue weighted by Crippen LogP contribution is -2.30. The van der Waals surface area contributed by atoms with Gasteiger partial charge in [-0.1, -0.05) is 6.07 Å². The molecule has 1 fully saturated rings. The van der Waals surface area contributed by atoms with Gasteiger partial charge in [-0.3, -0.25) is 9.48 Å². The lowest BCUT2D eigenvalue weighted by Gasteiger charge is -2.25. The molecule has 1 aromatic carbocycles. The van der Waals surface area contributed by atoms with Gasteiger partial charge in [0, 0.05) is 61.6 Å². The van der Waals surface area contributed by atoms with E-state index in [2.05, 4.69) is 20.6 Å². The first kappa shape index (κ1) is 24.7.